The molecule has 0 aromatic rings. The Morgan fingerprint density at radius 3 is 2.42 bits per heavy atom. The molecule has 0 spiro atoms. The molecular weight excluding hydrogens is 246 g/mol. The van der Waals surface area contributed by atoms with Crippen LogP contribution in [0.2, 0.25) is 0 Å². The molecule has 2 aliphatic carbocycles. The number of carboxylic acids is 1. The van der Waals surface area contributed by atoms with Gasteiger partial charge in [0.2, 0.25) is 5.91 Å². The topological polar surface area (TPSA) is 75.6 Å². The molecule has 0 aromatic carbocycles. The van der Waals surface area contributed by atoms with Gasteiger partial charge in [0.25, 0.3) is 0 Å². The van der Waals surface area contributed by atoms with Crippen molar-refractivity contribution in [3.05, 3.63) is 0 Å². The van der Waals surface area contributed by atoms with Crippen LogP contribution in [0.5, 0.6) is 0 Å². The van der Waals surface area contributed by atoms with Gasteiger partial charge in [-0.2, -0.15) is 0 Å². The van der Waals surface area contributed by atoms with E-state index in [0.29, 0.717) is 25.3 Å². The Morgan fingerprint density at radius 2 is 1.95 bits per heavy atom. The first-order valence-electron chi connectivity index (χ1n) is 7.03. The molecule has 3 atom stereocenters. The largest absolute Gasteiger partial charge is 0.481 e. The van der Waals surface area contributed by atoms with Gasteiger partial charge in [-0.15, -0.1) is 0 Å². The van der Waals surface area contributed by atoms with Crippen LogP contribution in [0.15, 0.2) is 0 Å². The van der Waals surface area contributed by atoms with Gasteiger partial charge in [-0.3, -0.25) is 9.59 Å². The molecule has 108 valence electrons. The van der Waals surface area contributed by atoms with Crippen molar-refractivity contribution in [2.75, 3.05) is 13.7 Å². The predicted molar refractivity (Wildman–Crippen MR) is 69.6 cm³/mol. The molecule has 0 saturated heterocycles. The van der Waals surface area contributed by atoms with Crippen molar-refractivity contribution in [2.45, 2.75) is 44.6 Å². The number of nitrogens with one attached hydrogen (secondary N) is 1. The molecule has 0 aromatic heterocycles. The number of amides is 1. The van der Waals surface area contributed by atoms with Crippen molar-refractivity contribution in [3.63, 3.8) is 0 Å². The first kappa shape index (κ1) is 14.3. The van der Waals surface area contributed by atoms with Gasteiger partial charge in [-0.05, 0) is 38.0 Å². The summed E-state index contributed by atoms with van der Waals surface area (Å²) in [5.41, 5.74) is -0.210. The van der Waals surface area contributed by atoms with Crippen molar-refractivity contribution < 1.29 is 19.4 Å². The number of methoxy groups -OCH3 is 1. The number of carbonyl (C=O) groups is 2. The van der Waals surface area contributed by atoms with Crippen LogP contribution in [0.25, 0.3) is 0 Å². The van der Waals surface area contributed by atoms with E-state index >= 15 is 0 Å². The zero-order valence-electron chi connectivity index (χ0n) is 11.6. The summed E-state index contributed by atoms with van der Waals surface area (Å²) in [6.07, 6.45) is 4.33. The lowest BCUT2D eigenvalue weighted by Gasteiger charge is -2.40. The smallest absolute Gasteiger partial charge is 0.307 e. The second-order valence-electron chi connectivity index (χ2n) is 6.09. The minimum Gasteiger partial charge on any atom is -0.481 e. The fraction of sp³-hybridized carbons (Fsp3) is 0.857. The fourth-order valence-corrected chi connectivity index (χ4v) is 3.26. The molecule has 5 heteroatoms. The summed E-state index contributed by atoms with van der Waals surface area (Å²) >= 11 is 0. The van der Waals surface area contributed by atoms with Gasteiger partial charge in [-0.1, -0.05) is 6.92 Å². The second kappa shape index (κ2) is 5.49. The molecule has 2 aliphatic rings. The molecular formula is C14H23NO4. The molecule has 2 fully saturated rings. The molecule has 2 saturated carbocycles. The van der Waals surface area contributed by atoms with Crippen molar-refractivity contribution in [3.8, 4) is 0 Å². The zero-order chi connectivity index (χ0) is 14.0. The number of carbonyl (C=O) groups excluding carboxylic acids is 1. The summed E-state index contributed by atoms with van der Waals surface area (Å²) in [6, 6.07) is 0. The molecule has 5 nitrogen and oxygen atoms in total. The van der Waals surface area contributed by atoms with Crippen LogP contribution in [-0.4, -0.2) is 36.2 Å². The van der Waals surface area contributed by atoms with Crippen molar-refractivity contribution in [1.29, 1.82) is 0 Å². The zero-order valence-corrected chi connectivity index (χ0v) is 11.6. The maximum Gasteiger partial charge on any atom is 0.307 e. The first-order valence-corrected chi connectivity index (χ1v) is 7.03. The van der Waals surface area contributed by atoms with E-state index in [1.807, 2.05) is 6.92 Å². The van der Waals surface area contributed by atoms with Crippen molar-refractivity contribution in [1.82, 2.24) is 5.32 Å². The fourth-order valence-electron chi connectivity index (χ4n) is 3.26. The molecule has 0 bridgehead atoms. The Bertz CT molecular complexity index is 359. The monoisotopic (exact) mass is 269 g/mol. The number of ether oxygens (including phenoxy) is 1. The van der Waals surface area contributed by atoms with E-state index in [1.54, 1.807) is 7.11 Å². The highest BCUT2D eigenvalue weighted by Gasteiger charge is 2.43. The molecule has 0 heterocycles. The van der Waals surface area contributed by atoms with Crippen molar-refractivity contribution >= 4 is 11.9 Å². The van der Waals surface area contributed by atoms with E-state index in [-0.39, 0.29) is 17.4 Å². The van der Waals surface area contributed by atoms with Crippen LogP contribution < -0.4 is 5.32 Å². The van der Waals surface area contributed by atoms with E-state index in [2.05, 4.69) is 5.32 Å². The lowest BCUT2D eigenvalue weighted by Crippen LogP contribution is -2.50. The molecule has 0 radical (unpaired) electrons. The van der Waals surface area contributed by atoms with Crippen LogP contribution in [0, 0.1) is 17.8 Å². The van der Waals surface area contributed by atoms with Gasteiger partial charge in [0.15, 0.2) is 0 Å². The number of hydrogen-bond donors (Lipinski definition) is 2. The Hall–Kier alpha value is -1.10. The maximum atomic E-state index is 12.2. The molecule has 2 N–H and O–H groups in total. The third-order valence-electron chi connectivity index (χ3n) is 4.73. The van der Waals surface area contributed by atoms with E-state index < -0.39 is 11.9 Å². The summed E-state index contributed by atoms with van der Waals surface area (Å²) in [5.74, 6) is -1.59. The van der Waals surface area contributed by atoms with Crippen LogP contribution in [0.4, 0.5) is 0 Å². The Kier molecular flexibility index (Phi) is 4.13. The van der Waals surface area contributed by atoms with Crippen LogP contribution in [0.3, 0.4) is 0 Å². The molecule has 2 rings (SSSR count). The molecule has 19 heavy (non-hydrogen) atoms. The summed E-state index contributed by atoms with van der Waals surface area (Å²) in [7, 11) is 1.67. The SMILES string of the molecule is COC1(CNC(=O)C2CC(C)CC2C(=O)O)CCC1. The average Bonchev–Trinajstić information content (AvgIpc) is 2.70. The third-order valence-corrected chi connectivity index (χ3v) is 4.73. The molecule has 1 amide bonds. The van der Waals surface area contributed by atoms with Gasteiger partial charge in [0.05, 0.1) is 17.4 Å². The lowest BCUT2D eigenvalue weighted by atomic mass is 9.80. The quantitative estimate of drug-likeness (QED) is 0.791. The van der Waals surface area contributed by atoms with Crippen LogP contribution >= 0.6 is 0 Å². The highest BCUT2D eigenvalue weighted by atomic mass is 16.5. The Labute approximate surface area is 113 Å². The van der Waals surface area contributed by atoms with Crippen molar-refractivity contribution in [2.24, 2.45) is 17.8 Å². The van der Waals surface area contributed by atoms with E-state index in [9.17, 15) is 14.7 Å². The number of carboxylic acid groups (broad SMARTS) is 1. The second-order valence-corrected chi connectivity index (χ2v) is 6.09. The van der Waals surface area contributed by atoms with E-state index in [0.717, 1.165) is 19.3 Å². The highest BCUT2D eigenvalue weighted by Crippen LogP contribution is 2.37. The van der Waals surface area contributed by atoms with Crippen LogP contribution in [0.1, 0.15) is 39.0 Å². The Morgan fingerprint density at radius 1 is 1.32 bits per heavy atom. The van der Waals surface area contributed by atoms with Gasteiger partial charge in [0.1, 0.15) is 0 Å². The lowest BCUT2D eigenvalue weighted by molar-refractivity contribution is -0.146. The average molecular weight is 269 g/mol. The number of hydrogen-bond acceptors (Lipinski definition) is 3. The Balaban J connectivity index is 1.90. The molecule has 0 aliphatic heterocycles. The van der Waals surface area contributed by atoms with Crippen LogP contribution in [-0.2, 0) is 14.3 Å². The summed E-state index contributed by atoms with van der Waals surface area (Å²) in [6.45, 7) is 2.51. The number of rotatable bonds is 5. The van der Waals surface area contributed by atoms with Gasteiger partial charge in [-0.25, -0.2) is 0 Å². The van der Waals surface area contributed by atoms with Gasteiger partial charge >= 0.3 is 5.97 Å². The standard InChI is InChI=1S/C14H23NO4/c1-9-6-10(11(7-9)13(17)18)12(16)15-8-14(19-2)4-3-5-14/h9-11H,3-8H2,1-2H3,(H,15,16)(H,17,18). The normalized spacial score (nSPS) is 32.6. The predicted octanol–water partition coefficient (Wildman–Crippen LogP) is 1.42. The third kappa shape index (κ3) is 2.91. The summed E-state index contributed by atoms with van der Waals surface area (Å²) in [5, 5.41) is 12.1. The summed E-state index contributed by atoms with van der Waals surface area (Å²) in [4.78, 5) is 23.4. The summed E-state index contributed by atoms with van der Waals surface area (Å²) < 4.78 is 5.45. The molecule has 3 unspecified atom stereocenters. The van der Waals surface area contributed by atoms with E-state index in [4.69, 9.17) is 4.74 Å². The highest BCUT2D eigenvalue weighted by molar-refractivity contribution is 5.85. The minimum atomic E-state index is -0.852. The minimum absolute atomic E-state index is 0.125. The first-order chi connectivity index (χ1) is 8.97. The number of aliphatic carboxylic acids is 1. The van der Waals surface area contributed by atoms with E-state index in [1.165, 1.54) is 0 Å². The van der Waals surface area contributed by atoms with Gasteiger partial charge in [0, 0.05) is 13.7 Å². The van der Waals surface area contributed by atoms with Gasteiger partial charge < -0.3 is 15.2 Å². The maximum absolute atomic E-state index is 12.2.